The highest BCUT2D eigenvalue weighted by Gasteiger charge is 2.16. The highest BCUT2D eigenvalue weighted by Crippen LogP contribution is 2.35. The van der Waals surface area contributed by atoms with E-state index in [4.69, 9.17) is 14.6 Å². The number of nitrogens with one attached hydrogen (secondary N) is 1. The van der Waals surface area contributed by atoms with Crippen molar-refractivity contribution < 1.29 is 14.6 Å². The lowest BCUT2D eigenvalue weighted by Crippen LogP contribution is -2.15. The predicted molar refractivity (Wildman–Crippen MR) is 65.2 cm³/mol. The molecule has 0 amide bonds. The highest BCUT2D eigenvalue weighted by atomic mass is 16.7. The van der Waals surface area contributed by atoms with Crippen LogP contribution in [-0.2, 0) is 6.54 Å². The molecule has 4 heteroatoms. The van der Waals surface area contributed by atoms with Crippen molar-refractivity contribution >= 4 is 0 Å². The molecule has 0 unspecified atom stereocenters. The zero-order valence-electron chi connectivity index (χ0n) is 9.95. The van der Waals surface area contributed by atoms with Crippen LogP contribution in [0.15, 0.2) is 18.2 Å². The maximum atomic E-state index is 8.66. The van der Waals surface area contributed by atoms with E-state index >= 15 is 0 Å². The van der Waals surface area contributed by atoms with E-state index < -0.39 is 0 Å². The molecule has 4 nitrogen and oxygen atoms in total. The first kappa shape index (κ1) is 12.2. The van der Waals surface area contributed by atoms with Gasteiger partial charge in [-0.1, -0.05) is 12.1 Å². The molecule has 2 rings (SSSR count). The smallest absolute Gasteiger partial charge is 0.231 e. The molecule has 1 aromatic carbocycles. The Morgan fingerprint density at radius 2 is 2.12 bits per heavy atom. The molecule has 0 bridgehead atoms. The van der Waals surface area contributed by atoms with Crippen LogP contribution in [0.25, 0.3) is 0 Å². The molecule has 0 radical (unpaired) electrons. The second kappa shape index (κ2) is 6.47. The van der Waals surface area contributed by atoms with E-state index in [1.54, 1.807) is 0 Å². The molecule has 0 spiro atoms. The van der Waals surface area contributed by atoms with Gasteiger partial charge in [-0.2, -0.15) is 0 Å². The normalized spacial score (nSPS) is 13.0. The largest absolute Gasteiger partial charge is 0.454 e. The maximum absolute atomic E-state index is 8.66. The summed E-state index contributed by atoms with van der Waals surface area (Å²) in [4.78, 5) is 0. The highest BCUT2D eigenvalue weighted by molar-refractivity contribution is 5.48. The van der Waals surface area contributed by atoms with Gasteiger partial charge < -0.3 is 19.9 Å². The number of rotatable bonds is 7. The van der Waals surface area contributed by atoms with E-state index in [0.29, 0.717) is 6.79 Å². The number of para-hydroxylation sites is 1. The number of hydrogen-bond donors (Lipinski definition) is 2. The number of ether oxygens (including phenoxy) is 2. The van der Waals surface area contributed by atoms with Crippen molar-refractivity contribution in [1.82, 2.24) is 5.32 Å². The Labute approximate surface area is 102 Å². The summed E-state index contributed by atoms with van der Waals surface area (Å²) in [5, 5.41) is 12.0. The van der Waals surface area contributed by atoms with Gasteiger partial charge in [-0.05, 0) is 31.9 Å². The van der Waals surface area contributed by atoms with Crippen molar-refractivity contribution in [2.45, 2.75) is 25.8 Å². The van der Waals surface area contributed by atoms with Gasteiger partial charge in [0.1, 0.15) is 0 Å². The first-order valence-electron chi connectivity index (χ1n) is 6.11. The van der Waals surface area contributed by atoms with E-state index in [1.165, 1.54) is 0 Å². The zero-order chi connectivity index (χ0) is 11.9. The van der Waals surface area contributed by atoms with Gasteiger partial charge in [0.15, 0.2) is 11.5 Å². The fourth-order valence-corrected chi connectivity index (χ4v) is 1.89. The SMILES string of the molecule is OCCCCCNCc1cccc2c1OCO2. The Hall–Kier alpha value is -1.26. The minimum absolute atomic E-state index is 0.289. The number of aliphatic hydroxyl groups is 1. The van der Waals surface area contributed by atoms with Crippen molar-refractivity contribution in [3.63, 3.8) is 0 Å². The fraction of sp³-hybridized carbons (Fsp3) is 0.538. The van der Waals surface area contributed by atoms with Gasteiger partial charge >= 0.3 is 0 Å². The molecule has 0 aliphatic carbocycles. The lowest BCUT2D eigenvalue weighted by atomic mass is 10.2. The lowest BCUT2D eigenvalue weighted by Gasteiger charge is -2.07. The molecule has 0 saturated carbocycles. The minimum Gasteiger partial charge on any atom is -0.454 e. The Morgan fingerprint density at radius 1 is 1.18 bits per heavy atom. The fourth-order valence-electron chi connectivity index (χ4n) is 1.89. The minimum atomic E-state index is 0.289. The van der Waals surface area contributed by atoms with Crippen LogP contribution in [0.3, 0.4) is 0 Å². The Balaban J connectivity index is 1.74. The monoisotopic (exact) mass is 237 g/mol. The van der Waals surface area contributed by atoms with Crippen LogP contribution in [0.1, 0.15) is 24.8 Å². The Kier molecular flexibility index (Phi) is 4.64. The summed E-state index contributed by atoms with van der Waals surface area (Å²) in [6, 6.07) is 5.96. The van der Waals surface area contributed by atoms with Gasteiger partial charge in [-0.15, -0.1) is 0 Å². The van der Waals surface area contributed by atoms with Crippen LogP contribution in [-0.4, -0.2) is 25.1 Å². The molecule has 94 valence electrons. The summed E-state index contributed by atoms with van der Waals surface area (Å²) >= 11 is 0. The van der Waals surface area contributed by atoms with E-state index in [2.05, 4.69) is 5.32 Å². The number of hydrogen-bond acceptors (Lipinski definition) is 4. The third-order valence-electron chi connectivity index (χ3n) is 2.81. The second-order valence-electron chi connectivity index (χ2n) is 4.11. The van der Waals surface area contributed by atoms with Crippen LogP contribution in [0.4, 0.5) is 0 Å². The molecule has 1 aromatic rings. The molecule has 0 fully saturated rings. The summed E-state index contributed by atoms with van der Waals surface area (Å²) in [7, 11) is 0. The van der Waals surface area contributed by atoms with Crippen molar-refractivity contribution in [3.8, 4) is 11.5 Å². The van der Waals surface area contributed by atoms with Crippen molar-refractivity contribution in [2.24, 2.45) is 0 Å². The van der Waals surface area contributed by atoms with Gasteiger partial charge in [-0.25, -0.2) is 0 Å². The third-order valence-corrected chi connectivity index (χ3v) is 2.81. The number of aliphatic hydroxyl groups excluding tert-OH is 1. The molecule has 1 heterocycles. The van der Waals surface area contributed by atoms with Gasteiger partial charge in [0.05, 0.1) is 0 Å². The third kappa shape index (κ3) is 3.35. The van der Waals surface area contributed by atoms with Gasteiger partial charge in [0, 0.05) is 18.7 Å². The summed E-state index contributed by atoms with van der Waals surface area (Å²) in [6.07, 6.45) is 3.04. The average Bonchev–Trinajstić information content (AvgIpc) is 2.82. The molecule has 17 heavy (non-hydrogen) atoms. The molecular formula is C13H19NO3. The van der Waals surface area contributed by atoms with Crippen LogP contribution in [0.2, 0.25) is 0 Å². The number of fused-ring (bicyclic) bond motifs is 1. The quantitative estimate of drug-likeness (QED) is 0.708. The van der Waals surface area contributed by atoms with Crippen molar-refractivity contribution in [1.29, 1.82) is 0 Å². The average molecular weight is 237 g/mol. The summed E-state index contributed by atoms with van der Waals surface area (Å²) in [5.41, 5.74) is 1.14. The predicted octanol–water partition coefficient (Wildman–Crippen LogP) is 1.67. The molecular weight excluding hydrogens is 218 g/mol. The molecule has 0 aromatic heterocycles. The van der Waals surface area contributed by atoms with Crippen molar-refractivity contribution in [3.05, 3.63) is 23.8 Å². The topological polar surface area (TPSA) is 50.7 Å². The number of benzene rings is 1. The Morgan fingerprint density at radius 3 is 3.00 bits per heavy atom. The van der Waals surface area contributed by atoms with Gasteiger partial charge in [-0.3, -0.25) is 0 Å². The number of unbranched alkanes of at least 4 members (excludes halogenated alkanes) is 2. The van der Waals surface area contributed by atoms with E-state index in [0.717, 1.165) is 49.4 Å². The lowest BCUT2D eigenvalue weighted by molar-refractivity contribution is 0.173. The first-order valence-corrected chi connectivity index (χ1v) is 6.11. The molecule has 2 N–H and O–H groups in total. The van der Waals surface area contributed by atoms with E-state index in [1.807, 2.05) is 18.2 Å². The molecule has 1 aliphatic rings. The van der Waals surface area contributed by atoms with Crippen LogP contribution >= 0.6 is 0 Å². The molecule has 0 saturated heterocycles. The second-order valence-corrected chi connectivity index (χ2v) is 4.11. The molecule has 0 atom stereocenters. The van der Waals surface area contributed by atoms with E-state index in [-0.39, 0.29) is 6.61 Å². The first-order chi connectivity index (χ1) is 8.42. The Bertz CT molecular complexity index is 355. The van der Waals surface area contributed by atoms with Crippen LogP contribution in [0.5, 0.6) is 11.5 Å². The van der Waals surface area contributed by atoms with Crippen LogP contribution in [0, 0.1) is 0 Å². The maximum Gasteiger partial charge on any atom is 0.231 e. The van der Waals surface area contributed by atoms with E-state index in [9.17, 15) is 0 Å². The van der Waals surface area contributed by atoms with Crippen LogP contribution < -0.4 is 14.8 Å². The standard InChI is InChI=1S/C13H19NO3/c15-8-3-1-2-7-14-9-11-5-4-6-12-13(11)17-10-16-12/h4-6,14-15H,1-3,7-10H2. The van der Waals surface area contributed by atoms with Crippen molar-refractivity contribution in [2.75, 3.05) is 19.9 Å². The van der Waals surface area contributed by atoms with Gasteiger partial charge in [0.2, 0.25) is 6.79 Å². The summed E-state index contributed by atoms with van der Waals surface area (Å²) in [6.45, 7) is 2.37. The summed E-state index contributed by atoms with van der Waals surface area (Å²) in [5.74, 6) is 1.71. The molecule has 1 aliphatic heterocycles. The van der Waals surface area contributed by atoms with Gasteiger partial charge in [0.25, 0.3) is 0 Å². The zero-order valence-corrected chi connectivity index (χ0v) is 9.95. The summed E-state index contributed by atoms with van der Waals surface area (Å²) < 4.78 is 10.8.